The van der Waals surface area contributed by atoms with E-state index in [0.29, 0.717) is 9.75 Å². The number of carbonyl (C=O) groups excluding carboxylic acids is 2. The molecule has 128 valence electrons. The zero-order valence-corrected chi connectivity index (χ0v) is 14.8. The lowest BCUT2D eigenvalue weighted by Crippen LogP contribution is -2.28. The SMILES string of the molecule is COC(=O)c1ccc(C(=O)N[C@H](c2ccc(F)cc2)c2cccs2)s1. The summed E-state index contributed by atoms with van der Waals surface area (Å²) >= 11 is 2.57. The fraction of sp³-hybridized carbons (Fsp3) is 0.111. The van der Waals surface area contributed by atoms with Crippen molar-refractivity contribution in [1.82, 2.24) is 5.32 Å². The number of benzene rings is 1. The molecule has 0 saturated carbocycles. The van der Waals surface area contributed by atoms with Gasteiger partial charge in [-0.25, -0.2) is 9.18 Å². The first-order valence-corrected chi connectivity index (χ1v) is 9.06. The van der Waals surface area contributed by atoms with Crippen LogP contribution in [0, 0.1) is 5.82 Å². The van der Waals surface area contributed by atoms with Gasteiger partial charge in [0.2, 0.25) is 0 Å². The predicted octanol–water partition coefficient (Wildman–Crippen LogP) is 4.25. The van der Waals surface area contributed by atoms with Gasteiger partial charge >= 0.3 is 5.97 Å². The van der Waals surface area contributed by atoms with Crippen LogP contribution in [-0.2, 0) is 4.74 Å². The van der Waals surface area contributed by atoms with Crippen molar-refractivity contribution in [3.63, 3.8) is 0 Å². The lowest BCUT2D eigenvalue weighted by molar-refractivity contribution is 0.0606. The van der Waals surface area contributed by atoms with Gasteiger partial charge in [0.15, 0.2) is 0 Å². The van der Waals surface area contributed by atoms with Gasteiger partial charge in [-0.3, -0.25) is 4.79 Å². The van der Waals surface area contributed by atoms with E-state index >= 15 is 0 Å². The molecule has 0 aliphatic carbocycles. The van der Waals surface area contributed by atoms with E-state index in [4.69, 9.17) is 0 Å². The normalized spacial score (nSPS) is 11.8. The highest BCUT2D eigenvalue weighted by molar-refractivity contribution is 7.15. The molecule has 0 spiro atoms. The molecule has 0 fully saturated rings. The van der Waals surface area contributed by atoms with Crippen molar-refractivity contribution in [1.29, 1.82) is 0 Å². The van der Waals surface area contributed by atoms with Crippen molar-refractivity contribution in [2.75, 3.05) is 7.11 Å². The molecule has 2 aromatic heterocycles. The molecule has 0 bridgehead atoms. The Kier molecular flexibility index (Phi) is 5.25. The second-order valence-electron chi connectivity index (χ2n) is 5.13. The fourth-order valence-corrected chi connectivity index (χ4v) is 3.93. The van der Waals surface area contributed by atoms with Gasteiger partial charge in [0.1, 0.15) is 10.7 Å². The molecule has 0 radical (unpaired) electrons. The second kappa shape index (κ2) is 7.58. The molecule has 1 aromatic carbocycles. The van der Waals surface area contributed by atoms with Crippen molar-refractivity contribution in [2.45, 2.75) is 6.04 Å². The quantitative estimate of drug-likeness (QED) is 0.678. The lowest BCUT2D eigenvalue weighted by atomic mass is 10.1. The van der Waals surface area contributed by atoms with Gasteiger partial charge in [0.25, 0.3) is 5.91 Å². The number of thiophene rings is 2. The number of halogens is 1. The van der Waals surface area contributed by atoms with Crippen LogP contribution in [0.1, 0.15) is 35.8 Å². The summed E-state index contributed by atoms with van der Waals surface area (Å²) in [5.74, 6) is -1.11. The number of hydrogen-bond donors (Lipinski definition) is 1. The van der Waals surface area contributed by atoms with E-state index in [2.05, 4.69) is 10.1 Å². The van der Waals surface area contributed by atoms with E-state index in [1.54, 1.807) is 24.3 Å². The zero-order chi connectivity index (χ0) is 17.8. The highest BCUT2D eigenvalue weighted by Gasteiger charge is 2.21. The Morgan fingerprint density at radius 3 is 2.44 bits per heavy atom. The largest absolute Gasteiger partial charge is 0.465 e. The van der Waals surface area contributed by atoms with Crippen LogP contribution in [0.2, 0.25) is 0 Å². The maximum absolute atomic E-state index is 13.2. The summed E-state index contributed by atoms with van der Waals surface area (Å²) in [7, 11) is 1.29. The highest BCUT2D eigenvalue weighted by Crippen LogP contribution is 2.27. The molecule has 2 heterocycles. The third kappa shape index (κ3) is 3.94. The van der Waals surface area contributed by atoms with Crippen molar-refractivity contribution in [2.24, 2.45) is 0 Å². The Labute approximate surface area is 151 Å². The first kappa shape index (κ1) is 17.3. The molecule has 1 amide bonds. The van der Waals surface area contributed by atoms with Crippen LogP contribution in [0.3, 0.4) is 0 Å². The third-order valence-corrected chi connectivity index (χ3v) is 5.52. The van der Waals surface area contributed by atoms with Gasteiger partial charge < -0.3 is 10.1 Å². The van der Waals surface area contributed by atoms with Crippen LogP contribution >= 0.6 is 22.7 Å². The van der Waals surface area contributed by atoms with Crippen LogP contribution in [0.25, 0.3) is 0 Å². The Hall–Kier alpha value is -2.51. The number of hydrogen-bond acceptors (Lipinski definition) is 5. The highest BCUT2D eigenvalue weighted by atomic mass is 32.1. The first-order chi connectivity index (χ1) is 12.1. The maximum Gasteiger partial charge on any atom is 0.348 e. The summed E-state index contributed by atoms with van der Waals surface area (Å²) in [5, 5.41) is 4.86. The van der Waals surface area contributed by atoms with Gasteiger partial charge in [-0.1, -0.05) is 18.2 Å². The van der Waals surface area contributed by atoms with Crippen molar-refractivity contribution in [3.05, 3.63) is 79.9 Å². The molecule has 25 heavy (non-hydrogen) atoms. The molecule has 3 aromatic rings. The standard InChI is InChI=1S/C18H14FNO3S2/c1-23-18(22)15-9-8-14(25-15)17(21)20-16(13-3-2-10-24-13)11-4-6-12(19)7-5-11/h2-10,16H,1H3,(H,20,21)/t16-/m1/s1. The lowest BCUT2D eigenvalue weighted by Gasteiger charge is -2.17. The molecule has 7 heteroatoms. The molecule has 0 saturated heterocycles. The number of methoxy groups -OCH3 is 1. The Morgan fingerprint density at radius 2 is 1.80 bits per heavy atom. The Balaban J connectivity index is 1.85. The number of nitrogens with one attached hydrogen (secondary N) is 1. The van der Waals surface area contributed by atoms with E-state index in [9.17, 15) is 14.0 Å². The average Bonchev–Trinajstić information content (AvgIpc) is 3.31. The van der Waals surface area contributed by atoms with E-state index < -0.39 is 12.0 Å². The van der Waals surface area contributed by atoms with Crippen molar-refractivity contribution >= 4 is 34.6 Å². The molecular weight excluding hydrogens is 361 g/mol. The molecule has 0 unspecified atom stereocenters. The fourth-order valence-electron chi connectivity index (χ4n) is 2.30. The molecule has 1 N–H and O–H groups in total. The number of rotatable bonds is 5. The van der Waals surface area contributed by atoms with Crippen LogP contribution in [-0.4, -0.2) is 19.0 Å². The van der Waals surface area contributed by atoms with E-state index in [1.807, 2.05) is 17.5 Å². The number of carbonyl (C=O) groups is 2. The minimum atomic E-state index is -0.475. The van der Waals surface area contributed by atoms with Crippen LogP contribution in [0.15, 0.2) is 53.9 Å². The molecule has 4 nitrogen and oxygen atoms in total. The minimum absolute atomic E-state index is 0.303. The maximum atomic E-state index is 13.2. The molecule has 3 rings (SSSR count). The van der Waals surface area contributed by atoms with Crippen molar-refractivity contribution < 1.29 is 18.7 Å². The van der Waals surface area contributed by atoms with E-state index in [1.165, 1.54) is 30.6 Å². The topological polar surface area (TPSA) is 55.4 Å². The summed E-state index contributed by atoms with van der Waals surface area (Å²) in [4.78, 5) is 25.8. The smallest absolute Gasteiger partial charge is 0.348 e. The van der Waals surface area contributed by atoms with Crippen molar-refractivity contribution in [3.8, 4) is 0 Å². The second-order valence-corrected chi connectivity index (χ2v) is 7.19. The number of ether oxygens (including phenoxy) is 1. The zero-order valence-electron chi connectivity index (χ0n) is 13.2. The third-order valence-electron chi connectivity index (χ3n) is 3.52. The summed E-state index contributed by atoms with van der Waals surface area (Å²) in [6.45, 7) is 0. The Morgan fingerprint density at radius 1 is 1.08 bits per heavy atom. The van der Waals surface area contributed by atoms with E-state index in [-0.39, 0.29) is 11.7 Å². The van der Waals surface area contributed by atoms with Gasteiger partial charge in [0.05, 0.1) is 18.0 Å². The number of esters is 1. The van der Waals surface area contributed by atoms with Crippen LogP contribution < -0.4 is 5.32 Å². The summed E-state index contributed by atoms with van der Waals surface area (Å²) in [5.41, 5.74) is 0.780. The molecule has 1 atom stereocenters. The molecule has 0 aliphatic heterocycles. The summed E-state index contributed by atoms with van der Waals surface area (Å²) < 4.78 is 17.9. The minimum Gasteiger partial charge on any atom is -0.465 e. The Bertz CT molecular complexity index is 872. The summed E-state index contributed by atoms with van der Waals surface area (Å²) in [6.07, 6.45) is 0. The summed E-state index contributed by atoms with van der Waals surface area (Å²) in [6, 6.07) is 12.6. The molecular formula is C18H14FNO3S2. The average molecular weight is 375 g/mol. The number of amides is 1. The van der Waals surface area contributed by atoms with Gasteiger partial charge in [-0.05, 0) is 41.3 Å². The van der Waals surface area contributed by atoms with Crippen LogP contribution in [0.4, 0.5) is 4.39 Å². The predicted molar refractivity (Wildman–Crippen MR) is 95.7 cm³/mol. The van der Waals surface area contributed by atoms with E-state index in [0.717, 1.165) is 21.8 Å². The monoisotopic (exact) mass is 375 g/mol. The first-order valence-electron chi connectivity index (χ1n) is 7.36. The van der Waals surface area contributed by atoms with Crippen LogP contribution in [0.5, 0.6) is 0 Å². The van der Waals surface area contributed by atoms with Gasteiger partial charge in [-0.15, -0.1) is 22.7 Å². The molecule has 0 aliphatic rings. The van der Waals surface area contributed by atoms with Gasteiger partial charge in [-0.2, -0.15) is 0 Å². The van der Waals surface area contributed by atoms with Gasteiger partial charge in [0, 0.05) is 4.88 Å².